The van der Waals surface area contributed by atoms with Gasteiger partial charge in [0.05, 0.1) is 13.2 Å². The lowest BCUT2D eigenvalue weighted by molar-refractivity contribution is 0.0529. The molecule has 0 saturated carbocycles. The molecule has 3 heteroatoms. The smallest absolute Gasteiger partial charge is 0.434 e. The first kappa shape index (κ1) is 34.0. The summed E-state index contributed by atoms with van der Waals surface area (Å²) in [7, 11) is 0. The van der Waals surface area contributed by atoms with Crippen LogP contribution in [-0.2, 0) is 9.47 Å². The summed E-state index contributed by atoms with van der Waals surface area (Å²) in [5, 5.41) is 0. The van der Waals surface area contributed by atoms with Crippen molar-refractivity contribution < 1.29 is 14.3 Å². The van der Waals surface area contributed by atoms with E-state index in [1.807, 2.05) is 0 Å². The second-order valence-electron chi connectivity index (χ2n) is 10.4. The van der Waals surface area contributed by atoms with Crippen LogP contribution in [0.3, 0.4) is 0 Å². The first-order valence-electron chi connectivity index (χ1n) is 15.8. The van der Waals surface area contributed by atoms with Crippen molar-refractivity contribution in [3.8, 4) is 0 Å². The summed E-state index contributed by atoms with van der Waals surface area (Å²) in [4.78, 5) is 11.6. The van der Waals surface area contributed by atoms with Gasteiger partial charge in [0.25, 0.3) is 0 Å². The fraction of sp³-hybridized carbons (Fsp3) is 0.906. The van der Waals surface area contributed by atoms with Crippen molar-refractivity contribution in [3.05, 3.63) is 12.2 Å². The largest absolute Gasteiger partial charge is 0.508 e. The minimum Gasteiger partial charge on any atom is -0.434 e. The van der Waals surface area contributed by atoms with E-state index >= 15 is 0 Å². The number of allylic oxidation sites excluding steroid dienone is 2. The average Bonchev–Trinajstić information content (AvgIpc) is 2.86. The average molecular weight is 495 g/mol. The molecule has 0 saturated heterocycles. The molecule has 3 nitrogen and oxygen atoms in total. The second kappa shape index (κ2) is 31.0. The van der Waals surface area contributed by atoms with Crippen LogP contribution in [0.4, 0.5) is 4.79 Å². The molecule has 0 N–H and O–H groups in total. The quantitative estimate of drug-likeness (QED) is 0.0616. The Morgan fingerprint density at radius 1 is 0.429 bits per heavy atom. The van der Waals surface area contributed by atoms with Crippen LogP contribution in [0.5, 0.6) is 0 Å². The molecule has 0 atom stereocenters. The Bertz CT molecular complexity index is 433. The molecule has 0 aliphatic heterocycles. The molecule has 35 heavy (non-hydrogen) atoms. The highest BCUT2D eigenvalue weighted by atomic mass is 16.7. The molecule has 0 aliphatic carbocycles. The van der Waals surface area contributed by atoms with Gasteiger partial charge in [-0.15, -0.1) is 0 Å². The van der Waals surface area contributed by atoms with Gasteiger partial charge < -0.3 is 9.47 Å². The molecule has 0 fully saturated rings. The monoisotopic (exact) mass is 494 g/mol. The van der Waals surface area contributed by atoms with Gasteiger partial charge in [0.2, 0.25) is 0 Å². The molecule has 0 unspecified atom stereocenters. The Hall–Kier alpha value is -0.990. The highest BCUT2D eigenvalue weighted by Crippen LogP contribution is 2.12. The maximum Gasteiger partial charge on any atom is 0.508 e. The normalized spacial score (nSPS) is 11.4. The maximum atomic E-state index is 11.6. The van der Waals surface area contributed by atoms with Gasteiger partial charge in [-0.25, -0.2) is 4.79 Å². The molecule has 208 valence electrons. The van der Waals surface area contributed by atoms with Crippen LogP contribution in [0.15, 0.2) is 12.2 Å². The zero-order valence-corrected chi connectivity index (χ0v) is 24.0. The van der Waals surface area contributed by atoms with Crippen molar-refractivity contribution in [2.45, 2.75) is 174 Å². The number of hydrogen-bond acceptors (Lipinski definition) is 3. The number of carbonyl (C=O) groups is 1. The van der Waals surface area contributed by atoms with Crippen LogP contribution in [0, 0.1) is 0 Å². The Morgan fingerprint density at radius 2 is 0.714 bits per heavy atom. The maximum absolute atomic E-state index is 11.6. The molecule has 0 bridgehead atoms. The first-order chi connectivity index (χ1) is 17.3. The van der Waals surface area contributed by atoms with Gasteiger partial charge in [-0.3, -0.25) is 0 Å². The van der Waals surface area contributed by atoms with Gasteiger partial charge >= 0.3 is 6.16 Å². The van der Waals surface area contributed by atoms with Crippen LogP contribution < -0.4 is 0 Å². The summed E-state index contributed by atoms with van der Waals surface area (Å²) in [6.45, 7) is 5.54. The third kappa shape index (κ3) is 31.0. The number of rotatable bonds is 28. The van der Waals surface area contributed by atoms with E-state index in [0.29, 0.717) is 13.2 Å². The van der Waals surface area contributed by atoms with E-state index < -0.39 is 6.16 Å². The topological polar surface area (TPSA) is 35.5 Å². The Balaban J connectivity index is 3.19. The molecule has 0 spiro atoms. The minimum atomic E-state index is -0.482. The van der Waals surface area contributed by atoms with Gasteiger partial charge in [0.15, 0.2) is 0 Å². The summed E-state index contributed by atoms with van der Waals surface area (Å²) in [6, 6.07) is 0. The summed E-state index contributed by atoms with van der Waals surface area (Å²) >= 11 is 0. The van der Waals surface area contributed by atoms with E-state index in [1.54, 1.807) is 0 Å². The zero-order valence-electron chi connectivity index (χ0n) is 24.0. The number of carbonyl (C=O) groups excluding carboxylic acids is 1. The first-order valence-corrected chi connectivity index (χ1v) is 15.8. The number of unbranched alkanes of at least 4 members (excludes halogenated alkanes) is 22. The molecule has 0 rings (SSSR count). The van der Waals surface area contributed by atoms with E-state index in [2.05, 4.69) is 26.0 Å². The summed E-state index contributed by atoms with van der Waals surface area (Å²) in [5.74, 6) is 0. The third-order valence-corrected chi connectivity index (χ3v) is 6.84. The van der Waals surface area contributed by atoms with E-state index in [-0.39, 0.29) is 0 Å². The van der Waals surface area contributed by atoms with Gasteiger partial charge in [0.1, 0.15) is 0 Å². The number of hydrogen-bond donors (Lipinski definition) is 0. The lowest BCUT2D eigenvalue weighted by atomic mass is 10.1. The van der Waals surface area contributed by atoms with E-state index in [1.165, 1.54) is 135 Å². The van der Waals surface area contributed by atoms with Crippen LogP contribution in [0.25, 0.3) is 0 Å². The Kier molecular flexibility index (Phi) is 30.2. The highest BCUT2D eigenvalue weighted by molar-refractivity contribution is 5.59. The summed E-state index contributed by atoms with van der Waals surface area (Å²) < 4.78 is 10.4. The SMILES string of the molecule is CCCCCCCCC=CCCCCCCCCOC(=O)OCCCCCCCCCCCCC. The molecule has 0 aromatic carbocycles. The molecule has 0 heterocycles. The molecule has 0 aliphatic rings. The Labute approximate surface area is 220 Å². The van der Waals surface area contributed by atoms with Crippen LogP contribution in [0.2, 0.25) is 0 Å². The lowest BCUT2D eigenvalue weighted by Crippen LogP contribution is -2.09. The van der Waals surface area contributed by atoms with Crippen molar-refractivity contribution in [2.24, 2.45) is 0 Å². The van der Waals surface area contributed by atoms with Gasteiger partial charge in [-0.1, -0.05) is 148 Å². The van der Waals surface area contributed by atoms with E-state index in [0.717, 1.165) is 25.7 Å². The van der Waals surface area contributed by atoms with Crippen molar-refractivity contribution in [1.82, 2.24) is 0 Å². The Morgan fingerprint density at radius 3 is 1.06 bits per heavy atom. The summed E-state index contributed by atoms with van der Waals surface area (Å²) in [6.07, 6.45) is 36.6. The van der Waals surface area contributed by atoms with Crippen molar-refractivity contribution in [2.75, 3.05) is 13.2 Å². The van der Waals surface area contributed by atoms with Crippen LogP contribution in [0.1, 0.15) is 174 Å². The fourth-order valence-electron chi connectivity index (χ4n) is 4.47. The van der Waals surface area contributed by atoms with Crippen molar-refractivity contribution in [3.63, 3.8) is 0 Å². The second-order valence-corrected chi connectivity index (χ2v) is 10.4. The third-order valence-electron chi connectivity index (χ3n) is 6.84. The van der Waals surface area contributed by atoms with Gasteiger partial charge in [0, 0.05) is 0 Å². The predicted octanol–water partition coefficient (Wildman–Crippen LogP) is 11.5. The summed E-state index contributed by atoms with van der Waals surface area (Å²) in [5.41, 5.74) is 0. The van der Waals surface area contributed by atoms with Crippen molar-refractivity contribution in [1.29, 1.82) is 0 Å². The molecule has 0 amide bonds. The fourth-order valence-corrected chi connectivity index (χ4v) is 4.47. The minimum absolute atomic E-state index is 0.482. The highest BCUT2D eigenvalue weighted by Gasteiger charge is 2.03. The zero-order chi connectivity index (χ0) is 25.5. The van der Waals surface area contributed by atoms with Gasteiger partial charge in [-0.2, -0.15) is 0 Å². The number of ether oxygens (including phenoxy) is 2. The molecule has 0 aromatic heterocycles. The molecule has 0 radical (unpaired) electrons. The molecular formula is C32H62O3. The predicted molar refractivity (Wildman–Crippen MR) is 153 cm³/mol. The standard InChI is InChI=1S/C32H62O3/c1-3-5-7-9-11-13-15-16-17-18-19-21-23-25-27-29-31-35-32(33)34-30-28-26-24-22-20-14-12-10-8-6-4-2/h16-17H,3-15,18-31H2,1-2H3. The molecular weight excluding hydrogens is 432 g/mol. The van der Waals surface area contributed by atoms with Gasteiger partial charge in [-0.05, 0) is 38.5 Å². The van der Waals surface area contributed by atoms with Crippen LogP contribution in [-0.4, -0.2) is 19.4 Å². The molecule has 0 aromatic rings. The lowest BCUT2D eigenvalue weighted by Gasteiger charge is -2.06. The van der Waals surface area contributed by atoms with Crippen LogP contribution >= 0.6 is 0 Å². The van der Waals surface area contributed by atoms with E-state index in [9.17, 15) is 4.79 Å². The van der Waals surface area contributed by atoms with E-state index in [4.69, 9.17) is 9.47 Å². The van der Waals surface area contributed by atoms with Crippen molar-refractivity contribution >= 4 is 6.16 Å².